The molecule has 2 atom stereocenters. The first-order valence-electron chi connectivity index (χ1n) is 6.53. The van der Waals surface area contributed by atoms with Crippen molar-refractivity contribution in [2.45, 2.75) is 18.6 Å². The molecule has 2 aliphatic heterocycles. The van der Waals surface area contributed by atoms with E-state index >= 15 is 0 Å². The summed E-state index contributed by atoms with van der Waals surface area (Å²) >= 11 is 0. The number of carbonyl (C=O) groups is 2. The molecule has 0 saturated carbocycles. The largest absolute Gasteiger partial charge is 0.480 e. The van der Waals surface area contributed by atoms with Crippen LogP contribution in [0.4, 0.5) is 0 Å². The van der Waals surface area contributed by atoms with Gasteiger partial charge in [-0.15, -0.1) is 0 Å². The lowest BCUT2D eigenvalue weighted by molar-refractivity contribution is -0.161. The number of morpholine rings is 1. The fraction of sp³-hybridized carbons (Fsp3) is 0.429. The van der Waals surface area contributed by atoms with Crippen molar-refractivity contribution in [2.24, 2.45) is 0 Å². The van der Waals surface area contributed by atoms with E-state index in [1.54, 1.807) is 0 Å². The molecule has 6 heteroatoms. The number of aliphatic carboxylic acids is 1. The molecule has 0 aromatic heterocycles. The minimum atomic E-state index is -1.04. The first-order chi connectivity index (χ1) is 9.65. The van der Waals surface area contributed by atoms with E-state index in [1.165, 1.54) is 4.90 Å². The highest BCUT2D eigenvalue weighted by molar-refractivity contribution is 5.83. The van der Waals surface area contributed by atoms with Crippen molar-refractivity contribution < 1.29 is 24.2 Å². The molecule has 2 aliphatic rings. The van der Waals surface area contributed by atoms with Crippen molar-refractivity contribution in [3.05, 3.63) is 29.8 Å². The number of hydrogen-bond donors (Lipinski definition) is 1. The van der Waals surface area contributed by atoms with Gasteiger partial charge in [0, 0.05) is 13.0 Å². The van der Waals surface area contributed by atoms with E-state index in [2.05, 4.69) is 0 Å². The van der Waals surface area contributed by atoms with Crippen molar-refractivity contribution in [3.63, 3.8) is 0 Å². The Hall–Kier alpha value is -2.08. The Morgan fingerprint density at radius 3 is 2.80 bits per heavy atom. The van der Waals surface area contributed by atoms with Crippen LogP contribution < -0.4 is 4.74 Å². The number of carboxylic acids is 1. The van der Waals surface area contributed by atoms with Crippen molar-refractivity contribution in [3.8, 4) is 5.75 Å². The molecule has 1 N–H and O–H groups in total. The number of fused-ring (bicyclic) bond motifs is 1. The summed E-state index contributed by atoms with van der Waals surface area (Å²) in [4.78, 5) is 24.8. The smallest absolute Gasteiger partial charge is 0.334 e. The van der Waals surface area contributed by atoms with Gasteiger partial charge in [-0.25, -0.2) is 4.79 Å². The zero-order valence-electron chi connectivity index (χ0n) is 10.8. The standard InChI is InChI=1S/C14H15NO5/c16-13(15-5-6-19-12(8-15)14(17)18)11-7-9-3-1-2-4-10(9)20-11/h1-4,11-12H,5-8H2,(H,17,18). The summed E-state index contributed by atoms with van der Waals surface area (Å²) in [6.07, 6.45) is -0.971. The van der Waals surface area contributed by atoms with E-state index in [4.69, 9.17) is 14.6 Å². The van der Waals surface area contributed by atoms with Crippen LogP contribution in [0, 0.1) is 0 Å². The maximum absolute atomic E-state index is 12.4. The van der Waals surface area contributed by atoms with Crippen molar-refractivity contribution in [2.75, 3.05) is 19.7 Å². The van der Waals surface area contributed by atoms with E-state index < -0.39 is 18.2 Å². The van der Waals surface area contributed by atoms with Gasteiger partial charge in [0.15, 0.2) is 12.2 Å². The lowest BCUT2D eigenvalue weighted by atomic mass is 10.1. The Kier molecular flexibility index (Phi) is 3.31. The molecule has 0 bridgehead atoms. The second-order valence-electron chi connectivity index (χ2n) is 4.90. The summed E-state index contributed by atoms with van der Waals surface area (Å²) in [5.41, 5.74) is 1.01. The summed E-state index contributed by atoms with van der Waals surface area (Å²) in [6.45, 7) is 0.714. The number of hydrogen-bond acceptors (Lipinski definition) is 4. The molecule has 2 heterocycles. The highest BCUT2D eigenvalue weighted by Crippen LogP contribution is 2.29. The average molecular weight is 277 g/mol. The van der Waals surface area contributed by atoms with Crippen molar-refractivity contribution in [1.29, 1.82) is 0 Å². The lowest BCUT2D eigenvalue weighted by Gasteiger charge is -2.32. The van der Waals surface area contributed by atoms with Crippen molar-refractivity contribution >= 4 is 11.9 Å². The zero-order chi connectivity index (χ0) is 14.1. The van der Waals surface area contributed by atoms with Crippen LogP contribution in [0.5, 0.6) is 5.75 Å². The van der Waals surface area contributed by atoms with E-state index in [1.807, 2.05) is 24.3 Å². The molecule has 0 spiro atoms. The molecule has 3 rings (SSSR count). The molecule has 1 fully saturated rings. The van der Waals surface area contributed by atoms with Crippen LogP contribution in [-0.2, 0) is 20.7 Å². The molecular weight excluding hydrogens is 262 g/mol. The van der Waals surface area contributed by atoms with Crippen LogP contribution in [0.2, 0.25) is 0 Å². The minimum absolute atomic E-state index is 0.0738. The Morgan fingerprint density at radius 1 is 1.25 bits per heavy atom. The molecule has 1 saturated heterocycles. The molecular formula is C14H15NO5. The molecule has 0 aliphatic carbocycles. The average Bonchev–Trinajstić information content (AvgIpc) is 2.90. The molecule has 0 radical (unpaired) electrons. The quantitative estimate of drug-likeness (QED) is 0.841. The number of carboxylic acid groups (broad SMARTS) is 1. The number of carbonyl (C=O) groups excluding carboxylic acids is 1. The summed E-state index contributed by atoms with van der Waals surface area (Å²) in [6, 6.07) is 7.54. The van der Waals surface area contributed by atoms with E-state index in [9.17, 15) is 9.59 Å². The van der Waals surface area contributed by atoms with Gasteiger partial charge in [0.2, 0.25) is 0 Å². The molecule has 1 amide bonds. The number of amides is 1. The fourth-order valence-corrected chi connectivity index (χ4v) is 2.52. The van der Waals surface area contributed by atoms with Gasteiger partial charge in [-0.3, -0.25) is 4.79 Å². The summed E-state index contributed by atoms with van der Waals surface area (Å²) < 4.78 is 10.7. The Labute approximate surface area is 115 Å². The molecule has 106 valence electrons. The van der Waals surface area contributed by atoms with Crippen molar-refractivity contribution in [1.82, 2.24) is 4.90 Å². The maximum atomic E-state index is 12.4. The number of benzene rings is 1. The minimum Gasteiger partial charge on any atom is -0.480 e. The molecule has 1 aromatic carbocycles. The summed E-state index contributed by atoms with van der Waals surface area (Å²) in [7, 11) is 0. The maximum Gasteiger partial charge on any atom is 0.334 e. The van der Waals surface area contributed by atoms with Crippen LogP contribution in [0.15, 0.2) is 24.3 Å². The first kappa shape index (κ1) is 12.9. The monoisotopic (exact) mass is 277 g/mol. The van der Waals surface area contributed by atoms with Crippen LogP contribution in [0.1, 0.15) is 5.56 Å². The number of nitrogens with zero attached hydrogens (tertiary/aromatic N) is 1. The first-order valence-corrected chi connectivity index (χ1v) is 6.53. The van der Waals surface area contributed by atoms with Crippen LogP contribution in [0.25, 0.3) is 0 Å². The number of ether oxygens (including phenoxy) is 2. The van der Waals surface area contributed by atoms with Gasteiger partial charge >= 0.3 is 5.97 Å². The van der Waals surface area contributed by atoms with Crippen LogP contribution >= 0.6 is 0 Å². The highest BCUT2D eigenvalue weighted by atomic mass is 16.5. The molecule has 1 aromatic rings. The normalized spacial score (nSPS) is 24.9. The van der Waals surface area contributed by atoms with Gasteiger partial charge in [-0.05, 0) is 11.6 Å². The Morgan fingerprint density at radius 2 is 2.05 bits per heavy atom. The fourth-order valence-electron chi connectivity index (χ4n) is 2.52. The lowest BCUT2D eigenvalue weighted by Crippen LogP contribution is -2.52. The van der Waals surface area contributed by atoms with Gasteiger partial charge in [0.25, 0.3) is 5.91 Å². The topological polar surface area (TPSA) is 76.1 Å². The second kappa shape index (κ2) is 5.13. The van der Waals surface area contributed by atoms with E-state index in [0.29, 0.717) is 13.0 Å². The molecule has 2 unspecified atom stereocenters. The van der Waals surface area contributed by atoms with Gasteiger partial charge in [0.05, 0.1) is 13.2 Å². The molecule has 6 nitrogen and oxygen atoms in total. The third-order valence-corrected chi connectivity index (χ3v) is 3.58. The zero-order valence-corrected chi connectivity index (χ0v) is 10.8. The van der Waals surface area contributed by atoms with E-state index in [-0.39, 0.29) is 19.1 Å². The molecule has 20 heavy (non-hydrogen) atoms. The van der Waals surface area contributed by atoms with Crippen LogP contribution in [-0.4, -0.2) is 53.8 Å². The SMILES string of the molecule is O=C(O)C1CN(C(=O)C2Cc3ccccc3O2)CCO1. The summed E-state index contributed by atoms with van der Waals surface area (Å²) in [5, 5.41) is 8.95. The van der Waals surface area contributed by atoms with Gasteiger partial charge < -0.3 is 19.5 Å². The Balaban J connectivity index is 1.67. The van der Waals surface area contributed by atoms with Crippen LogP contribution in [0.3, 0.4) is 0 Å². The van der Waals surface area contributed by atoms with Gasteiger partial charge in [-0.1, -0.05) is 18.2 Å². The predicted molar refractivity (Wildman–Crippen MR) is 68.5 cm³/mol. The second-order valence-corrected chi connectivity index (χ2v) is 4.90. The van der Waals surface area contributed by atoms with E-state index in [0.717, 1.165) is 11.3 Å². The third kappa shape index (κ3) is 2.34. The Bertz CT molecular complexity index is 519. The summed E-state index contributed by atoms with van der Waals surface area (Å²) in [5.74, 6) is -0.484. The predicted octanol–water partition coefficient (Wildman–Crippen LogP) is 0.302. The number of para-hydroxylation sites is 1. The van der Waals surface area contributed by atoms with Gasteiger partial charge in [0.1, 0.15) is 5.75 Å². The highest BCUT2D eigenvalue weighted by Gasteiger charge is 2.36. The third-order valence-electron chi connectivity index (χ3n) is 3.58. The number of rotatable bonds is 2. The van der Waals surface area contributed by atoms with Gasteiger partial charge in [-0.2, -0.15) is 0 Å².